The third-order valence-electron chi connectivity index (χ3n) is 12.2. The van der Waals surface area contributed by atoms with E-state index in [1.54, 1.807) is 27.0 Å². The fraction of sp³-hybridized carbons (Fsp3) is 0.590. The standard InChI is InChI=1S/C39H52N4O5S/c1-6-25(3)49(46,47)40-37(44)27-15-17-31-34(20-27)43-24-39(38(45)42-19-11-14-28(42)23-41(4)7-2)22-33(39)32-21-29(48-5)16-18-30(32)36(43)35(31)26-12-9-8-10-13-26/h15-18,20-21,25-26,28,33H,6-14,19,22-24H2,1-5H3,(H,40,44)/t25-,28?,33+,39+/m1/s1. The number of likely N-dealkylation sites (N-methyl/N-ethyl adjacent to an activating group) is 1. The highest BCUT2D eigenvalue weighted by molar-refractivity contribution is 7.90. The number of nitrogens with one attached hydrogen (secondary N) is 1. The number of fused-ring (bicyclic) bond motifs is 7. The summed E-state index contributed by atoms with van der Waals surface area (Å²) in [7, 11) is 0.00777. The molecule has 2 amide bonds. The van der Waals surface area contributed by atoms with E-state index >= 15 is 0 Å². The quantitative estimate of drug-likeness (QED) is 0.256. The fourth-order valence-electron chi connectivity index (χ4n) is 9.00. The molecule has 10 heteroatoms. The third-order valence-corrected chi connectivity index (χ3v) is 14.1. The van der Waals surface area contributed by atoms with Crippen LogP contribution >= 0.6 is 0 Å². The molecule has 1 unspecified atom stereocenters. The summed E-state index contributed by atoms with van der Waals surface area (Å²) in [5.74, 6) is 0.838. The zero-order valence-electron chi connectivity index (χ0n) is 29.8. The molecule has 0 spiro atoms. The molecule has 2 saturated carbocycles. The van der Waals surface area contributed by atoms with Crippen molar-refractivity contribution in [3.63, 3.8) is 0 Å². The predicted molar refractivity (Wildman–Crippen MR) is 194 cm³/mol. The van der Waals surface area contributed by atoms with E-state index in [-0.39, 0.29) is 17.9 Å². The van der Waals surface area contributed by atoms with Crippen molar-refractivity contribution >= 4 is 32.7 Å². The predicted octanol–water partition coefficient (Wildman–Crippen LogP) is 6.65. The normalized spacial score (nSPS) is 24.2. The van der Waals surface area contributed by atoms with Crippen LogP contribution < -0.4 is 9.46 Å². The lowest BCUT2D eigenvalue weighted by molar-refractivity contribution is -0.138. The first-order valence-electron chi connectivity index (χ1n) is 18.4. The van der Waals surface area contributed by atoms with Gasteiger partial charge in [-0.25, -0.2) is 13.1 Å². The molecule has 2 aliphatic carbocycles. The van der Waals surface area contributed by atoms with Crippen LogP contribution in [0.3, 0.4) is 0 Å². The van der Waals surface area contributed by atoms with Crippen molar-refractivity contribution in [2.75, 3.05) is 33.8 Å². The average molecular weight is 689 g/mol. The van der Waals surface area contributed by atoms with Gasteiger partial charge in [0, 0.05) is 53.6 Å². The van der Waals surface area contributed by atoms with E-state index in [4.69, 9.17) is 4.74 Å². The summed E-state index contributed by atoms with van der Waals surface area (Å²) in [5.41, 5.74) is 5.36. The monoisotopic (exact) mass is 688 g/mol. The molecule has 2 aliphatic heterocycles. The minimum absolute atomic E-state index is 0.0663. The molecule has 0 radical (unpaired) electrons. The molecule has 2 aromatic carbocycles. The molecular formula is C39H52N4O5S. The van der Waals surface area contributed by atoms with Gasteiger partial charge in [0.2, 0.25) is 15.9 Å². The Labute approximate surface area is 291 Å². The van der Waals surface area contributed by atoms with Crippen LogP contribution in [-0.4, -0.2) is 79.7 Å². The lowest BCUT2D eigenvalue weighted by Gasteiger charge is -2.32. The zero-order valence-corrected chi connectivity index (χ0v) is 30.6. The lowest BCUT2D eigenvalue weighted by atomic mass is 9.81. The molecule has 3 aromatic rings. The van der Waals surface area contributed by atoms with Gasteiger partial charge in [-0.05, 0) is 106 Å². The molecule has 7 rings (SSSR count). The van der Waals surface area contributed by atoms with Crippen LogP contribution in [0.5, 0.6) is 5.75 Å². The second-order valence-electron chi connectivity index (χ2n) is 15.1. The second kappa shape index (κ2) is 13.1. The van der Waals surface area contributed by atoms with Crippen LogP contribution in [-0.2, 0) is 21.4 Å². The Morgan fingerprint density at radius 1 is 1.06 bits per heavy atom. The van der Waals surface area contributed by atoms with Crippen LogP contribution in [0.15, 0.2) is 36.4 Å². The Hall–Kier alpha value is -3.37. The molecule has 9 nitrogen and oxygen atoms in total. The molecule has 3 heterocycles. The van der Waals surface area contributed by atoms with Gasteiger partial charge >= 0.3 is 0 Å². The topological polar surface area (TPSA) is 101 Å². The lowest BCUT2D eigenvalue weighted by Crippen LogP contribution is -2.46. The van der Waals surface area contributed by atoms with Crippen molar-refractivity contribution in [1.29, 1.82) is 0 Å². The number of methoxy groups -OCH3 is 1. The van der Waals surface area contributed by atoms with Crippen molar-refractivity contribution in [1.82, 2.24) is 19.1 Å². The van der Waals surface area contributed by atoms with Crippen molar-refractivity contribution in [2.45, 2.75) is 108 Å². The molecule has 1 aromatic heterocycles. The maximum atomic E-state index is 15.0. The number of carbonyl (C=O) groups excluding carboxylic acids is 2. The van der Waals surface area contributed by atoms with E-state index in [1.165, 1.54) is 30.4 Å². The van der Waals surface area contributed by atoms with Gasteiger partial charge in [0.1, 0.15) is 5.75 Å². The van der Waals surface area contributed by atoms with Gasteiger partial charge in [-0.1, -0.05) is 39.2 Å². The molecule has 0 bridgehead atoms. The highest BCUT2D eigenvalue weighted by atomic mass is 32.2. The Morgan fingerprint density at radius 3 is 2.55 bits per heavy atom. The van der Waals surface area contributed by atoms with Gasteiger partial charge in [0.05, 0.1) is 23.5 Å². The number of nitrogens with zero attached hydrogens (tertiary/aromatic N) is 3. The molecule has 4 atom stereocenters. The van der Waals surface area contributed by atoms with Gasteiger partial charge in [-0.2, -0.15) is 0 Å². The fourth-order valence-corrected chi connectivity index (χ4v) is 10.0. The van der Waals surface area contributed by atoms with E-state index in [0.717, 1.165) is 79.6 Å². The molecule has 264 valence electrons. The maximum absolute atomic E-state index is 15.0. The SMILES string of the molecule is CC[C@@H](C)S(=O)(=O)NC(=O)c1ccc2c(C3CCCCC3)c3n(c2c1)C[C@@]1(C(=O)N2CCCC2CN(C)CC)C[C@H]1c1cc(OC)ccc1-3. The van der Waals surface area contributed by atoms with E-state index in [2.05, 4.69) is 45.2 Å². The Morgan fingerprint density at radius 2 is 1.84 bits per heavy atom. The molecule has 1 saturated heterocycles. The Kier molecular flexibility index (Phi) is 9.09. The van der Waals surface area contributed by atoms with Crippen LogP contribution in [0.4, 0.5) is 0 Å². The Balaban J connectivity index is 1.40. The smallest absolute Gasteiger partial charge is 0.264 e. The Bertz CT molecular complexity index is 1880. The molecule has 4 aliphatic rings. The van der Waals surface area contributed by atoms with Crippen LogP contribution in [0.25, 0.3) is 22.2 Å². The highest BCUT2D eigenvalue weighted by Gasteiger charge is 2.64. The molecule has 1 N–H and O–H groups in total. The van der Waals surface area contributed by atoms with Gasteiger partial charge in [-0.3, -0.25) is 9.59 Å². The number of likely N-dealkylation sites (tertiary alicyclic amines) is 1. The summed E-state index contributed by atoms with van der Waals surface area (Å²) in [6.45, 7) is 8.68. The maximum Gasteiger partial charge on any atom is 0.264 e. The number of hydrogen-bond donors (Lipinski definition) is 1. The number of hydrogen-bond acceptors (Lipinski definition) is 6. The first-order chi connectivity index (χ1) is 23.5. The van der Waals surface area contributed by atoms with Crippen LogP contribution in [0, 0.1) is 5.41 Å². The number of rotatable bonds is 10. The van der Waals surface area contributed by atoms with E-state index in [9.17, 15) is 18.0 Å². The van der Waals surface area contributed by atoms with Gasteiger partial charge in [0.15, 0.2) is 0 Å². The van der Waals surface area contributed by atoms with Crippen molar-refractivity contribution in [2.24, 2.45) is 5.41 Å². The minimum Gasteiger partial charge on any atom is -0.497 e. The number of benzene rings is 2. The van der Waals surface area contributed by atoms with E-state index < -0.39 is 26.6 Å². The number of carbonyl (C=O) groups is 2. The average Bonchev–Trinajstić information content (AvgIpc) is 3.55. The van der Waals surface area contributed by atoms with Crippen molar-refractivity contribution < 1.29 is 22.7 Å². The molecular weight excluding hydrogens is 637 g/mol. The van der Waals surface area contributed by atoms with Gasteiger partial charge < -0.3 is 19.1 Å². The van der Waals surface area contributed by atoms with Crippen LogP contribution in [0.2, 0.25) is 0 Å². The summed E-state index contributed by atoms with van der Waals surface area (Å²) in [4.78, 5) is 33.0. The second-order valence-corrected chi connectivity index (χ2v) is 17.2. The summed E-state index contributed by atoms with van der Waals surface area (Å²) in [6, 6.07) is 12.2. The van der Waals surface area contributed by atoms with Crippen molar-refractivity contribution in [3.8, 4) is 17.0 Å². The highest BCUT2D eigenvalue weighted by Crippen LogP contribution is 2.66. The largest absolute Gasteiger partial charge is 0.497 e. The van der Waals surface area contributed by atoms with Crippen LogP contribution in [0.1, 0.15) is 112 Å². The summed E-state index contributed by atoms with van der Waals surface area (Å²) in [5, 5.41) is 0.413. The zero-order chi connectivity index (χ0) is 34.7. The minimum atomic E-state index is -3.81. The van der Waals surface area contributed by atoms with E-state index in [1.807, 2.05) is 18.2 Å². The summed E-state index contributed by atoms with van der Waals surface area (Å²) < 4.78 is 36.2. The summed E-state index contributed by atoms with van der Waals surface area (Å²) >= 11 is 0. The molecule has 3 fully saturated rings. The number of sulfonamides is 1. The van der Waals surface area contributed by atoms with Gasteiger partial charge in [0.25, 0.3) is 5.91 Å². The third kappa shape index (κ3) is 5.86. The summed E-state index contributed by atoms with van der Waals surface area (Å²) in [6.07, 6.45) is 8.99. The van der Waals surface area contributed by atoms with E-state index in [0.29, 0.717) is 24.4 Å². The molecule has 49 heavy (non-hydrogen) atoms. The first kappa shape index (κ1) is 34.1. The van der Waals surface area contributed by atoms with Crippen molar-refractivity contribution in [3.05, 3.63) is 53.1 Å². The number of amides is 2. The number of aromatic nitrogens is 1. The number of ether oxygens (including phenoxy) is 1. The first-order valence-corrected chi connectivity index (χ1v) is 20.0. The van der Waals surface area contributed by atoms with Gasteiger partial charge in [-0.15, -0.1) is 0 Å².